The number of hydrogen-bond acceptors (Lipinski definition) is 1. The zero-order valence-electron chi connectivity index (χ0n) is 9.40. The summed E-state index contributed by atoms with van der Waals surface area (Å²) in [6, 6.07) is 0. The molecular weight excluding hydrogens is 222 g/mol. The van der Waals surface area contributed by atoms with Crippen molar-refractivity contribution in [3.63, 3.8) is 0 Å². The fourth-order valence-corrected chi connectivity index (χ4v) is 2.07. The molecule has 1 rings (SSSR count). The van der Waals surface area contributed by atoms with Gasteiger partial charge in [0, 0.05) is 0 Å². The van der Waals surface area contributed by atoms with Gasteiger partial charge in [-0.05, 0) is 24.3 Å². The Balaban J connectivity index is 3.22. The Morgan fingerprint density at radius 2 is 1.81 bits per heavy atom. The van der Waals surface area contributed by atoms with Gasteiger partial charge < -0.3 is 5.73 Å². The first-order chi connectivity index (χ1) is 7.16. The summed E-state index contributed by atoms with van der Waals surface area (Å²) in [5.41, 5.74) is 4.87. The first-order valence-electron chi connectivity index (χ1n) is 5.07. The summed E-state index contributed by atoms with van der Waals surface area (Å²) in [7, 11) is 0. The predicted molar refractivity (Wildman–Crippen MR) is 54.0 cm³/mol. The lowest BCUT2D eigenvalue weighted by molar-refractivity contribution is -0.177. The lowest BCUT2D eigenvalue weighted by Gasteiger charge is -2.33. The minimum atomic E-state index is -4.44. The van der Waals surface area contributed by atoms with E-state index in [0.29, 0.717) is 0 Å². The van der Waals surface area contributed by atoms with Gasteiger partial charge in [-0.3, -0.25) is 0 Å². The van der Waals surface area contributed by atoms with Crippen LogP contribution in [0.1, 0.15) is 20.8 Å². The molecule has 0 aromatic carbocycles. The van der Waals surface area contributed by atoms with E-state index in [1.165, 1.54) is 6.08 Å². The van der Waals surface area contributed by atoms with Gasteiger partial charge in [-0.1, -0.05) is 19.9 Å². The fraction of sp³-hybridized carbons (Fsp3) is 0.636. The van der Waals surface area contributed by atoms with Crippen LogP contribution in [0.5, 0.6) is 0 Å². The smallest absolute Gasteiger partial charge is 0.396 e. The van der Waals surface area contributed by atoms with Crippen LogP contribution in [0.25, 0.3) is 0 Å². The fourth-order valence-electron chi connectivity index (χ4n) is 2.07. The number of nitrogens with two attached hydrogens (primary N) is 1. The van der Waals surface area contributed by atoms with Gasteiger partial charge in [0.15, 0.2) is 0 Å². The van der Waals surface area contributed by atoms with Crippen LogP contribution in [-0.4, -0.2) is 6.18 Å². The van der Waals surface area contributed by atoms with E-state index in [9.17, 15) is 17.6 Å². The minimum absolute atomic E-state index is 0.184. The molecule has 0 fully saturated rings. The maximum Gasteiger partial charge on any atom is 0.396 e. The highest BCUT2D eigenvalue weighted by atomic mass is 19.4. The van der Waals surface area contributed by atoms with Crippen LogP contribution in [0.3, 0.4) is 0 Å². The van der Waals surface area contributed by atoms with Crippen LogP contribution in [0.15, 0.2) is 23.2 Å². The third-order valence-electron chi connectivity index (χ3n) is 2.95. The van der Waals surface area contributed by atoms with Crippen molar-refractivity contribution < 1.29 is 17.6 Å². The van der Waals surface area contributed by atoms with Crippen molar-refractivity contribution in [2.24, 2.45) is 23.5 Å². The molecular formula is C11H15F4N. The van der Waals surface area contributed by atoms with Crippen LogP contribution in [0, 0.1) is 17.8 Å². The third kappa shape index (κ3) is 2.23. The van der Waals surface area contributed by atoms with Gasteiger partial charge in [0.05, 0.1) is 11.6 Å². The van der Waals surface area contributed by atoms with Crippen LogP contribution in [0.4, 0.5) is 17.6 Å². The molecule has 16 heavy (non-hydrogen) atoms. The highest BCUT2D eigenvalue weighted by molar-refractivity contribution is 5.35. The number of hydrogen-bond donors (Lipinski definition) is 1. The SMILES string of the molecule is CC1=C(F)C(N)=CC(C(C)C)C1C(F)(F)F. The largest absolute Gasteiger partial charge is 0.397 e. The van der Waals surface area contributed by atoms with E-state index in [0.717, 1.165) is 6.92 Å². The average molecular weight is 237 g/mol. The van der Waals surface area contributed by atoms with Gasteiger partial charge in [0.25, 0.3) is 0 Å². The number of rotatable bonds is 1. The lowest BCUT2D eigenvalue weighted by atomic mass is 9.75. The molecule has 0 spiro atoms. The summed E-state index contributed by atoms with van der Waals surface area (Å²) in [6.07, 6.45) is -3.25. The zero-order chi connectivity index (χ0) is 12.7. The van der Waals surface area contributed by atoms with E-state index < -0.39 is 23.8 Å². The van der Waals surface area contributed by atoms with Crippen LogP contribution in [0.2, 0.25) is 0 Å². The average Bonchev–Trinajstić information content (AvgIpc) is 2.10. The summed E-state index contributed by atoms with van der Waals surface area (Å²) in [5, 5.41) is 0. The van der Waals surface area contributed by atoms with Crippen molar-refractivity contribution in [1.82, 2.24) is 0 Å². The van der Waals surface area contributed by atoms with Crippen LogP contribution < -0.4 is 5.73 Å². The minimum Gasteiger partial charge on any atom is -0.397 e. The maximum absolute atomic E-state index is 13.4. The topological polar surface area (TPSA) is 26.0 Å². The Kier molecular flexibility index (Phi) is 3.35. The number of allylic oxidation sites excluding steroid dienone is 3. The highest BCUT2D eigenvalue weighted by Crippen LogP contribution is 2.45. The molecule has 0 amide bonds. The third-order valence-corrected chi connectivity index (χ3v) is 2.95. The second-order valence-electron chi connectivity index (χ2n) is 4.46. The highest BCUT2D eigenvalue weighted by Gasteiger charge is 2.48. The molecule has 0 aliphatic heterocycles. The van der Waals surface area contributed by atoms with Crippen molar-refractivity contribution in [1.29, 1.82) is 0 Å². The Bertz CT molecular complexity index is 338. The quantitative estimate of drug-likeness (QED) is 0.693. The molecule has 0 saturated heterocycles. The van der Waals surface area contributed by atoms with Crippen molar-refractivity contribution in [3.8, 4) is 0 Å². The second kappa shape index (κ2) is 4.11. The monoisotopic (exact) mass is 237 g/mol. The molecule has 0 aromatic heterocycles. The first-order valence-corrected chi connectivity index (χ1v) is 5.07. The molecule has 2 unspecified atom stereocenters. The molecule has 1 aliphatic carbocycles. The Morgan fingerprint density at radius 1 is 1.31 bits per heavy atom. The summed E-state index contributed by atoms with van der Waals surface area (Å²) in [4.78, 5) is 0. The summed E-state index contributed by atoms with van der Waals surface area (Å²) in [5.74, 6) is -3.73. The molecule has 1 nitrogen and oxygen atoms in total. The number of halogens is 4. The Morgan fingerprint density at radius 3 is 2.19 bits per heavy atom. The lowest BCUT2D eigenvalue weighted by Crippen LogP contribution is -2.36. The van der Waals surface area contributed by atoms with Gasteiger partial charge in [-0.25, -0.2) is 4.39 Å². The summed E-state index contributed by atoms with van der Waals surface area (Å²) in [6.45, 7) is 4.50. The maximum atomic E-state index is 13.4. The molecule has 0 aromatic rings. The van der Waals surface area contributed by atoms with Gasteiger partial charge in [-0.2, -0.15) is 13.2 Å². The van der Waals surface area contributed by atoms with E-state index >= 15 is 0 Å². The van der Waals surface area contributed by atoms with Crippen molar-refractivity contribution in [3.05, 3.63) is 23.2 Å². The molecule has 0 heterocycles. The van der Waals surface area contributed by atoms with Gasteiger partial charge in [0.1, 0.15) is 5.83 Å². The van der Waals surface area contributed by atoms with Gasteiger partial charge >= 0.3 is 6.18 Å². The molecule has 0 bridgehead atoms. The second-order valence-corrected chi connectivity index (χ2v) is 4.46. The van der Waals surface area contributed by atoms with E-state index in [1.807, 2.05) is 0 Å². The standard InChI is InChI=1S/C11H15F4N/c1-5(2)7-4-8(16)10(12)6(3)9(7)11(13,14)15/h4-5,7,9H,16H2,1-3H3. The van der Waals surface area contributed by atoms with Crippen molar-refractivity contribution in [2.45, 2.75) is 26.9 Å². The first kappa shape index (κ1) is 13.1. The number of alkyl halides is 3. The summed E-state index contributed by atoms with van der Waals surface area (Å²) < 4.78 is 51.9. The van der Waals surface area contributed by atoms with Gasteiger partial charge in [-0.15, -0.1) is 0 Å². The van der Waals surface area contributed by atoms with E-state index in [-0.39, 0.29) is 17.2 Å². The zero-order valence-corrected chi connectivity index (χ0v) is 9.40. The van der Waals surface area contributed by atoms with E-state index in [2.05, 4.69) is 0 Å². The van der Waals surface area contributed by atoms with E-state index in [1.54, 1.807) is 13.8 Å². The Hall–Kier alpha value is -1.00. The molecule has 2 N–H and O–H groups in total. The summed E-state index contributed by atoms with van der Waals surface area (Å²) >= 11 is 0. The molecule has 92 valence electrons. The van der Waals surface area contributed by atoms with Crippen molar-refractivity contribution in [2.75, 3.05) is 0 Å². The molecule has 2 atom stereocenters. The molecule has 1 aliphatic rings. The molecule has 0 radical (unpaired) electrons. The van der Waals surface area contributed by atoms with Crippen LogP contribution in [-0.2, 0) is 0 Å². The normalized spacial score (nSPS) is 27.4. The molecule has 0 saturated carbocycles. The molecule has 5 heteroatoms. The van der Waals surface area contributed by atoms with E-state index in [4.69, 9.17) is 5.73 Å². The van der Waals surface area contributed by atoms with Crippen molar-refractivity contribution >= 4 is 0 Å². The van der Waals surface area contributed by atoms with Crippen LogP contribution >= 0.6 is 0 Å². The Labute approximate surface area is 92.0 Å². The predicted octanol–water partition coefficient (Wildman–Crippen LogP) is 3.54. The van der Waals surface area contributed by atoms with Gasteiger partial charge in [0.2, 0.25) is 0 Å².